The molecule has 0 aromatic heterocycles. The van der Waals surface area contributed by atoms with Crippen molar-refractivity contribution in [1.82, 2.24) is 0 Å². The Hall–Kier alpha value is -2.16. The molecule has 0 spiro atoms. The Labute approximate surface area is 127 Å². The van der Waals surface area contributed by atoms with Gasteiger partial charge in [0.25, 0.3) is 0 Å². The summed E-state index contributed by atoms with van der Waals surface area (Å²) in [5, 5.41) is 9.95. The Morgan fingerprint density at radius 3 is 2.39 bits per heavy atom. The van der Waals surface area contributed by atoms with E-state index in [4.69, 9.17) is 0 Å². The smallest absolute Gasteiger partial charge is 0.460 e. The molecule has 9 heteroatoms. The first-order chi connectivity index (χ1) is 10.4. The van der Waals surface area contributed by atoms with Crippen molar-refractivity contribution in [3.63, 3.8) is 0 Å². The average molecular weight is 338 g/mol. The lowest BCUT2D eigenvalue weighted by Crippen LogP contribution is -2.63. The minimum absolute atomic E-state index is 0.0630. The van der Waals surface area contributed by atoms with E-state index in [0.29, 0.717) is 11.6 Å². The molecule has 126 valence electrons. The highest BCUT2D eigenvalue weighted by Gasteiger charge is 2.75. The number of alkyl halides is 5. The van der Waals surface area contributed by atoms with Crippen LogP contribution in [0.3, 0.4) is 0 Å². The van der Waals surface area contributed by atoms with Gasteiger partial charge in [-0.25, -0.2) is 4.79 Å². The lowest BCUT2D eigenvalue weighted by atomic mass is 9.92. The van der Waals surface area contributed by atoms with Crippen molar-refractivity contribution in [3.05, 3.63) is 34.9 Å². The molecular formula is C14H11F5O4. The first kappa shape index (κ1) is 17.2. The molecule has 0 saturated carbocycles. The largest absolute Gasteiger partial charge is 0.465 e. The van der Waals surface area contributed by atoms with E-state index in [1.165, 1.54) is 12.1 Å². The number of halogens is 5. The van der Waals surface area contributed by atoms with Gasteiger partial charge in [0.2, 0.25) is 0 Å². The molecule has 1 aromatic rings. The van der Waals surface area contributed by atoms with Crippen LogP contribution >= 0.6 is 0 Å². The van der Waals surface area contributed by atoms with Gasteiger partial charge in [-0.3, -0.25) is 0 Å². The van der Waals surface area contributed by atoms with Crippen LogP contribution in [0.25, 0.3) is 6.08 Å². The van der Waals surface area contributed by atoms with Crippen LogP contribution in [0.15, 0.2) is 23.8 Å². The predicted octanol–water partition coefficient (Wildman–Crippen LogP) is 2.83. The van der Waals surface area contributed by atoms with E-state index in [-0.39, 0.29) is 5.56 Å². The number of carbonyl (C=O) groups excluding carboxylic acids is 1. The quantitative estimate of drug-likeness (QED) is 0.666. The molecule has 1 atom stereocenters. The van der Waals surface area contributed by atoms with Gasteiger partial charge in [0, 0.05) is 5.56 Å². The Balaban J connectivity index is 2.69. The third-order valence-electron chi connectivity index (χ3n) is 3.27. The van der Waals surface area contributed by atoms with Crippen molar-refractivity contribution >= 4 is 12.0 Å². The Morgan fingerprint density at radius 2 is 1.87 bits per heavy atom. The van der Waals surface area contributed by atoms with Gasteiger partial charge < -0.3 is 14.6 Å². The van der Waals surface area contributed by atoms with E-state index in [9.17, 15) is 31.9 Å². The first-order valence-corrected chi connectivity index (χ1v) is 6.21. The Kier molecular flexibility index (Phi) is 3.88. The minimum atomic E-state index is -6.16. The van der Waals surface area contributed by atoms with E-state index in [0.717, 1.165) is 13.2 Å². The van der Waals surface area contributed by atoms with E-state index < -0.39 is 35.2 Å². The van der Waals surface area contributed by atoms with Crippen LogP contribution in [0.5, 0.6) is 5.75 Å². The van der Waals surface area contributed by atoms with Gasteiger partial charge in [-0.15, -0.1) is 0 Å². The summed E-state index contributed by atoms with van der Waals surface area (Å²) in [5.74, 6) is -12.0. The number of methoxy groups -OCH3 is 1. The van der Waals surface area contributed by atoms with Gasteiger partial charge in [0.1, 0.15) is 11.3 Å². The Morgan fingerprint density at radius 1 is 1.26 bits per heavy atom. The van der Waals surface area contributed by atoms with Gasteiger partial charge in [-0.05, 0) is 25.1 Å². The summed E-state index contributed by atoms with van der Waals surface area (Å²) >= 11 is 0. The normalized spacial score (nSPS) is 21.1. The fourth-order valence-corrected chi connectivity index (χ4v) is 2.07. The van der Waals surface area contributed by atoms with Crippen molar-refractivity contribution in [2.45, 2.75) is 24.8 Å². The summed E-state index contributed by atoms with van der Waals surface area (Å²) in [5.41, 5.74) is -0.644. The highest BCUT2D eigenvalue weighted by Crippen LogP contribution is 2.50. The second kappa shape index (κ2) is 5.19. The molecule has 0 bridgehead atoms. The van der Waals surface area contributed by atoms with Gasteiger partial charge in [0.15, 0.2) is 0 Å². The zero-order valence-electron chi connectivity index (χ0n) is 11.9. The van der Waals surface area contributed by atoms with Crippen LogP contribution in [0, 0.1) is 6.92 Å². The van der Waals surface area contributed by atoms with Crippen LogP contribution in [0.1, 0.15) is 11.1 Å². The fourth-order valence-electron chi connectivity index (χ4n) is 2.07. The fraction of sp³-hybridized carbons (Fsp3) is 0.357. The topological polar surface area (TPSA) is 55.8 Å². The molecule has 2 rings (SSSR count). The highest BCUT2D eigenvalue weighted by atomic mass is 19.4. The number of hydrogen-bond donors (Lipinski definition) is 1. The molecule has 1 aromatic carbocycles. The number of benzene rings is 1. The summed E-state index contributed by atoms with van der Waals surface area (Å²) in [6, 6.07) is 3.90. The molecule has 0 saturated heterocycles. The number of aliphatic hydroxyl groups is 1. The first-order valence-electron chi connectivity index (χ1n) is 6.21. The van der Waals surface area contributed by atoms with Crippen molar-refractivity contribution in [1.29, 1.82) is 0 Å². The number of ether oxygens (including phenoxy) is 2. The molecule has 1 aliphatic heterocycles. The molecule has 4 nitrogen and oxygen atoms in total. The van der Waals surface area contributed by atoms with Crippen LogP contribution in [0.4, 0.5) is 22.0 Å². The second-order valence-corrected chi connectivity index (χ2v) is 4.91. The van der Waals surface area contributed by atoms with Crippen molar-refractivity contribution in [2.75, 3.05) is 7.11 Å². The SMILES string of the molecule is COC(=O)C1=Cc2cc(C)ccc2OC1(O)C(F)(F)C(F)(F)F. The van der Waals surface area contributed by atoms with Gasteiger partial charge >= 0.3 is 23.9 Å². The summed E-state index contributed by atoms with van der Waals surface area (Å²) in [7, 11) is 0.779. The predicted molar refractivity (Wildman–Crippen MR) is 67.8 cm³/mol. The summed E-state index contributed by atoms with van der Waals surface area (Å²) in [6.07, 6.45) is -5.46. The van der Waals surface area contributed by atoms with Crippen LogP contribution in [-0.2, 0) is 9.53 Å². The maximum absolute atomic E-state index is 13.8. The maximum atomic E-state index is 13.8. The summed E-state index contributed by atoms with van der Waals surface area (Å²) in [6.45, 7) is 1.64. The molecule has 1 unspecified atom stereocenters. The number of fused-ring (bicyclic) bond motifs is 1. The van der Waals surface area contributed by atoms with Crippen LogP contribution < -0.4 is 4.74 Å². The molecular weight excluding hydrogens is 327 g/mol. The lowest BCUT2D eigenvalue weighted by Gasteiger charge is -2.39. The molecule has 1 N–H and O–H groups in total. The number of rotatable bonds is 2. The second-order valence-electron chi connectivity index (χ2n) is 4.91. The lowest BCUT2D eigenvalue weighted by molar-refractivity contribution is -0.372. The molecule has 0 radical (unpaired) electrons. The monoisotopic (exact) mass is 338 g/mol. The van der Waals surface area contributed by atoms with Crippen molar-refractivity contribution in [2.24, 2.45) is 0 Å². The van der Waals surface area contributed by atoms with Gasteiger partial charge in [-0.2, -0.15) is 22.0 Å². The number of carbonyl (C=O) groups is 1. The van der Waals surface area contributed by atoms with Crippen LogP contribution in [0.2, 0.25) is 0 Å². The van der Waals surface area contributed by atoms with E-state index in [1.54, 1.807) is 6.92 Å². The third-order valence-corrected chi connectivity index (χ3v) is 3.27. The van der Waals surface area contributed by atoms with Crippen LogP contribution in [-0.4, -0.2) is 36.1 Å². The standard InChI is InChI=1S/C14H11F5O4/c1-7-3-4-10-8(5-7)6-9(11(20)22-2)12(21,23-10)13(15,16)14(17,18)19/h3-6,21H,1-2H3. The third kappa shape index (κ3) is 2.54. The van der Waals surface area contributed by atoms with Crippen molar-refractivity contribution < 1.29 is 41.3 Å². The van der Waals surface area contributed by atoms with E-state index in [2.05, 4.69) is 9.47 Å². The Bertz CT molecular complexity index is 680. The molecule has 1 aliphatic rings. The molecule has 0 amide bonds. The molecule has 0 aliphatic carbocycles. The molecule has 23 heavy (non-hydrogen) atoms. The van der Waals surface area contributed by atoms with Gasteiger partial charge in [-0.1, -0.05) is 11.6 Å². The van der Waals surface area contributed by atoms with E-state index >= 15 is 0 Å². The van der Waals surface area contributed by atoms with E-state index in [1.807, 2.05) is 0 Å². The zero-order valence-corrected chi connectivity index (χ0v) is 11.9. The van der Waals surface area contributed by atoms with Gasteiger partial charge in [0.05, 0.1) is 7.11 Å². The average Bonchev–Trinajstić information content (AvgIpc) is 2.44. The maximum Gasteiger partial charge on any atom is 0.460 e. The minimum Gasteiger partial charge on any atom is -0.465 e. The van der Waals surface area contributed by atoms with Crippen molar-refractivity contribution in [3.8, 4) is 5.75 Å². The number of esters is 1. The number of aryl methyl sites for hydroxylation is 1. The molecule has 0 fully saturated rings. The molecule has 1 heterocycles. The number of hydrogen-bond acceptors (Lipinski definition) is 4. The highest BCUT2D eigenvalue weighted by molar-refractivity contribution is 5.97. The summed E-state index contributed by atoms with van der Waals surface area (Å²) < 4.78 is 74.3. The summed E-state index contributed by atoms with van der Waals surface area (Å²) in [4.78, 5) is 11.6. The zero-order chi connectivity index (χ0) is 17.6.